The fourth-order valence-corrected chi connectivity index (χ4v) is 3.94. The number of hydrogen-bond acceptors (Lipinski definition) is 3. The van der Waals surface area contributed by atoms with Gasteiger partial charge in [-0.3, -0.25) is 9.69 Å². The van der Waals surface area contributed by atoms with Gasteiger partial charge in [-0.1, -0.05) is 19.8 Å². The molecule has 1 saturated carbocycles. The molecule has 0 N–H and O–H groups in total. The molecule has 3 nitrogen and oxygen atoms in total. The quantitative estimate of drug-likeness (QED) is 0.733. The summed E-state index contributed by atoms with van der Waals surface area (Å²) < 4.78 is 6.14. The van der Waals surface area contributed by atoms with Crippen LogP contribution >= 0.6 is 0 Å². The molecule has 23 heavy (non-hydrogen) atoms. The first-order chi connectivity index (χ1) is 11.3. The van der Waals surface area contributed by atoms with Gasteiger partial charge < -0.3 is 4.74 Å². The largest absolute Gasteiger partial charge is 0.489 e. The molecule has 1 unspecified atom stereocenters. The number of hydrogen-bond donors (Lipinski definition) is 0. The van der Waals surface area contributed by atoms with Crippen LogP contribution in [-0.4, -0.2) is 36.4 Å². The highest BCUT2D eigenvalue weighted by Gasteiger charge is 2.24. The van der Waals surface area contributed by atoms with Gasteiger partial charge in [0.25, 0.3) is 0 Å². The van der Waals surface area contributed by atoms with Crippen molar-refractivity contribution in [3.05, 3.63) is 29.8 Å². The molecular weight excluding hydrogens is 286 g/mol. The molecule has 0 aromatic heterocycles. The number of carbonyl (C=O) groups excluding carboxylic acids is 1. The average Bonchev–Trinajstić information content (AvgIpc) is 3.10. The van der Waals surface area contributed by atoms with Gasteiger partial charge in [0, 0.05) is 18.0 Å². The lowest BCUT2D eigenvalue weighted by molar-refractivity contribution is 0.0885. The first kappa shape index (κ1) is 16.5. The topological polar surface area (TPSA) is 29.5 Å². The van der Waals surface area contributed by atoms with Crippen molar-refractivity contribution in [3.8, 4) is 5.75 Å². The number of Topliss-reactive ketones (excluding diaryl/α,β-unsaturated/α-hetero) is 1. The van der Waals surface area contributed by atoms with E-state index in [2.05, 4.69) is 11.8 Å². The minimum atomic E-state index is 0.253. The Bertz CT molecular complexity index is 503. The van der Waals surface area contributed by atoms with Crippen molar-refractivity contribution in [2.24, 2.45) is 5.92 Å². The molecule has 1 atom stereocenters. The van der Waals surface area contributed by atoms with Crippen LogP contribution in [-0.2, 0) is 0 Å². The van der Waals surface area contributed by atoms with Gasteiger partial charge in [0.1, 0.15) is 11.9 Å². The van der Waals surface area contributed by atoms with E-state index >= 15 is 0 Å². The summed E-state index contributed by atoms with van der Waals surface area (Å²) in [5.41, 5.74) is 0.848. The van der Waals surface area contributed by atoms with Crippen molar-refractivity contribution in [2.75, 3.05) is 19.6 Å². The van der Waals surface area contributed by atoms with Gasteiger partial charge in [-0.25, -0.2) is 0 Å². The number of carbonyl (C=O) groups is 1. The van der Waals surface area contributed by atoms with Crippen molar-refractivity contribution < 1.29 is 9.53 Å². The molecule has 3 heteroatoms. The predicted molar refractivity (Wildman–Crippen MR) is 93.1 cm³/mol. The van der Waals surface area contributed by atoms with E-state index in [1.807, 2.05) is 24.3 Å². The van der Waals surface area contributed by atoms with Crippen LogP contribution in [0.2, 0.25) is 0 Å². The van der Waals surface area contributed by atoms with Gasteiger partial charge in [-0.2, -0.15) is 0 Å². The zero-order valence-electron chi connectivity index (χ0n) is 14.3. The normalized spacial score (nSPS) is 23.1. The summed E-state index contributed by atoms with van der Waals surface area (Å²) in [6.45, 7) is 5.61. The third kappa shape index (κ3) is 4.35. The van der Waals surface area contributed by atoms with Crippen LogP contribution in [0.3, 0.4) is 0 Å². The van der Waals surface area contributed by atoms with Crippen LogP contribution in [0.1, 0.15) is 62.2 Å². The summed E-state index contributed by atoms with van der Waals surface area (Å²) >= 11 is 0. The minimum Gasteiger partial charge on any atom is -0.489 e. The summed E-state index contributed by atoms with van der Waals surface area (Å²) in [7, 11) is 0. The van der Waals surface area contributed by atoms with Crippen molar-refractivity contribution in [1.29, 1.82) is 0 Å². The third-order valence-corrected chi connectivity index (χ3v) is 5.17. The Kier molecular flexibility index (Phi) is 5.71. The zero-order chi connectivity index (χ0) is 16.1. The number of benzene rings is 1. The van der Waals surface area contributed by atoms with Gasteiger partial charge in [-0.15, -0.1) is 0 Å². The van der Waals surface area contributed by atoms with Gasteiger partial charge in [0.15, 0.2) is 5.78 Å². The van der Waals surface area contributed by atoms with E-state index in [0.717, 1.165) is 43.7 Å². The molecule has 0 amide bonds. The molecule has 1 aromatic carbocycles. The maximum atomic E-state index is 12.4. The maximum Gasteiger partial charge on any atom is 0.165 e. The smallest absolute Gasteiger partial charge is 0.165 e. The summed E-state index contributed by atoms with van der Waals surface area (Å²) in [6.07, 6.45) is 8.35. The average molecular weight is 315 g/mol. The van der Waals surface area contributed by atoms with E-state index in [0.29, 0.717) is 5.78 Å². The molecule has 1 saturated heterocycles. The molecule has 1 heterocycles. The van der Waals surface area contributed by atoms with Gasteiger partial charge >= 0.3 is 0 Å². The van der Waals surface area contributed by atoms with Crippen molar-refractivity contribution >= 4 is 5.78 Å². The van der Waals surface area contributed by atoms with Crippen LogP contribution in [0.5, 0.6) is 5.75 Å². The number of ketones is 1. The Morgan fingerprint density at radius 2 is 1.87 bits per heavy atom. The Morgan fingerprint density at radius 1 is 1.13 bits per heavy atom. The van der Waals surface area contributed by atoms with Crippen LogP contribution in [0.15, 0.2) is 24.3 Å². The molecule has 2 fully saturated rings. The molecule has 1 aliphatic carbocycles. The van der Waals surface area contributed by atoms with Crippen molar-refractivity contribution in [3.63, 3.8) is 0 Å². The number of ether oxygens (including phenoxy) is 1. The number of rotatable bonds is 6. The summed E-state index contributed by atoms with van der Waals surface area (Å²) in [6, 6.07) is 7.84. The Hall–Kier alpha value is -1.35. The van der Waals surface area contributed by atoms with E-state index in [9.17, 15) is 4.79 Å². The molecule has 126 valence electrons. The number of likely N-dealkylation sites (tertiary alicyclic amines) is 1. The van der Waals surface area contributed by atoms with Crippen LogP contribution in [0.25, 0.3) is 0 Å². The molecule has 2 aliphatic rings. The standard InChI is InChI=1S/C20H29NO2/c1-2-13-21-14-5-8-19(15-21)23-18-11-9-17(10-12-18)20(22)16-6-3-4-7-16/h9-12,16,19H,2-8,13-15H2,1H3. The van der Waals surface area contributed by atoms with Crippen LogP contribution < -0.4 is 4.74 Å². The SMILES string of the molecule is CCCN1CCCC(Oc2ccc(C(=O)C3CCCC3)cc2)C1. The lowest BCUT2D eigenvalue weighted by atomic mass is 9.96. The first-order valence-electron chi connectivity index (χ1n) is 9.29. The summed E-state index contributed by atoms with van der Waals surface area (Å²) in [5.74, 6) is 1.47. The fourth-order valence-electron chi connectivity index (χ4n) is 3.94. The van der Waals surface area contributed by atoms with E-state index in [4.69, 9.17) is 4.74 Å². The molecule has 0 radical (unpaired) electrons. The number of nitrogens with zero attached hydrogens (tertiary/aromatic N) is 1. The molecule has 3 rings (SSSR count). The van der Waals surface area contributed by atoms with E-state index in [-0.39, 0.29) is 12.0 Å². The van der Waals surface area contributed by atoms with Gasteiger partial charge in [0.05, 0.1) is 0 Å². The van der Waals surface area contributed by atoms with E-state index in [1.54, 1.807) is 0 Å². The molecule has 1 aromatic rings. The summed E-state index contributed by atoms with van der Waals surface area (Å²) in [5, 5.41) is 0. The van der Waals surface area contributed by atoms with E-state index < -0.39 is 0 Å². The van der Waals surface area contributed by atoms with Gasteiger partial charge in [-0.05, 0) is 69.5 Å². The Balaban J connectivity index is 1.55. The second kappa shape index (κ2) is 7.96. The Labute approximate surface area is 140 Å². The van der Waals surface area contributed by atoms with Crippen molar-refractivity contribution in [2.45, 2.75) is 58.0 Å². The monoisotopic (exact) mass is 315 g/mol. The predicted octanol–water partition coefficient (Wildman–Crippen LogP) is 4.31. The van der Waals surface area contributed by atoms with Crippen molar-refractivity contribution in [1.82, 2.24) is 4.90 Å². The second-order valence-electron chi connectivity index (χ2n) is 7.05. The van der Waals surface area contributed by atoms with Gasteiger partial charge in [0.2, 0.25) is 0 Å². The highest BCUT2D eigenvalue weighted by atomic mass is 16.5. The third-order valence-electron chi connectivity index (χ3n) is 5.17. The zero-order valence-corrected chi connectivity index (χ0v) is 14.3. The molecular formula is C20H29NO2. The second-order valence-corrected chi connectivity index (χ2v) is 7.05. The fraction of sp³-hybridized carbons (Fsp3) is 0.650. The molecule has 0 spiro atoms. The lowest BCUT2D eigenvalue weighted by Gasteiger charge is -2.32. The van der Waals surface area contributed by atoms with E-state index in [1.165, 1.54) is 32.2 Å². The maximum absolute atomic E-state index is 12.4. The summed E-state index contributed by atoms with van der Waals surface area (Å²) in [4.78, 5) is 14.9. The first-order valence-corrected chi connectivity index (χ1v) is 9.29. The minimum absolute atomic E-state index is 0.253. The molecule has 1 aliphatic heterocycles. The van der Waals surface area contributed by atoms with Crippen LogP contribution in [0.4, 0.5) is 0 Å². The Morgan fingerprint density at radius 3 is 2.57 bits per heavy atom. The highest BCUT2D eigenvalue weighted by molar-refractivity contribution is 5.98. The number of piperidine rings is 1. The molecule has 0 bridgehead atoms. The van der Waals surface area contributed by atoms with Crippen LogP contribution in [0, 0.1) is 5.92 Å². The lowest BCUT2D eigenvalue weighted by Crippen LogP contribution is -2.41. The highest BCUT2D eigenvalue weighted by Crippen LogP contribution is 2.28.